The Hall–Kier alpha value is -4.11. The van der Waals surface area contributed by atoms with Crippen molar-refractivity contribution < 1.29 is 0 Å². The van der Waals surface area contributed by atoms with E-state index in [1.54, 1.807) is 0 Å². The fourth-order valence-corrected chi connectivity index (χ4v) is 3.98. The van der Waals surface area contributed by atoms with Crippen molar-refractivity contribution in [2.45, 2.75) is 6.92 Å². The van der Waals surface area contributed by atoms with E-state index in [1.807, 2.05) is 100 Å². The van der Waals surface area contributed by atoms with Crippen molar-refractivity contribution in [3.63, 3.8) is 0 Å². The Bertz CT molecular complexity index is 1360. The van der Waals surface area contributed by atoms with Crippen LogP contribution in [-0.2, 0) is 0 Å². The Morgan fingerprint density at radius 3 is 1.32 bits per heavy atom. The van der Waals surface area contributed by atoms with Crippen molar-refractivity contribution in [3.8, 4) is 33.9 Å². The smallest absolute Gasteiger partial charge is 0.260 e. The first-order valence-electron chi connectivity index (χ1n) is 10.3. The topological polar surface area (TPSA) is 26.9 Å². The van der Waals surface area contributed by atoms with Gasteiger partial charge in [0.1, 0.15) is 0 Å². The standard InChI is InChI=1S/C28H22N2O/c1-21-17-19-25(20-18-21)30-27(23-13-7-3-8-14-23)26(22-11-5-2-6-12-22)29(28(30)31)24-15-9-4-10-16-24/h2-20H,1H3. The van der Waals surface area contributed by atoms with Gasteiger partial charge in [0.05, 0.1) is 22.8 Å². The van der Waals surface area contributed by atoms with Gasteiger partial charge in [-0.05, 0) is 31.2 Å². The SMILES string of the molecule is Cc1ccc(-n2c(-c3ccccc3)c(-c3ccccc3)n(-c3ccccc3)c2=O)cc1. The maximum atomic E-state index is 14.0. The molecular weight excluding hydrogens is 380 g/mol. The molecule has 5 aromatic rings. The molecule has 5 rings (SSSR count). The molecule has 0 atom stereocenters. The normalized spacial score (nSPS) is 10.9. The molecule has 150 valence electrons. The molecule has 0 N–H and O–H groups in total. The predicted octanol–water partition coefficient (Wildman–Crippen LogP) is 6.27. The Morgan fingerprint density at radius 1 is 0.484 bits per heavy atom. The van der Waals surface area contributed by atoms with Crippen LogP contribution < -0.4 is 5.69 Å². The molecule has 31 heavy (non-hydrogen) atoms. The fraction of sp³-hybridized carbons (Fsp3) is 0.0357. The van der Waals surface area contributed by atoms with Crippen molar-refractivity contribution in [2.75, 3.05) is 0 Å². The van der Waals surface area contributed by atoms with Gasteiger partial charge in [0.25, 0.3) is 0 Å². The monoisotopic (exact) mass is 402 g/mol. The zero-order valence-electron chi connectivity index (χ0n) is 17.3. The third-order valence-corrected chi connectivity index (χ3v) is 5.46. The summed E-state index contributed by atoms with van der Waals surface area (Å²) in [6.07, 6.45) is 0. The first-order chi connectivity index (χ1) is 15.2. The molecule has 0 fully saturated rings. The number of nitrogens with zero attached hydrogens (tertiary/aromatic N) is 2. The van der Waals surface area contributed by atoms with Crippen molar-refractivity contribution in [2.24, 2.45) is 0 Å². The van der Waals surface area contributed by atoms with E-state index in [4.69, 9.17) is 0 Å². The van der Waals surface area contributed by atoms with Gasteiger partial charge in [-0.25, -0.2) is 4.79 Å². The summed E-state index contributed by atoms with van der Waals surface area (Å²) in [7, 11) is 0. The number of imidazole rings is 1. The molecule has 0 aliphatic heterocycles. The summed E-state index contributed by atoms with van der Waals surface area (Å²) in [5, 5.41) is 0. The number of para-hydroxylation sites is 1. The van der Waals surface area contributed by atoms with Crippen molar-refractivity contribution in [1.29, 1.82) is 0 Å². The highest BCUT2D eigenvalue weighted by atomic mass is 16.1. The molecule has 1 heterocycles. The summed E-state index contributed by atoms with van der Waals surface area (Å²) in [4.78, 5) is 14.0. The average molecular weight is 402 g/mol. The lowest BCUT2D eigenvalue weighted by atomic mass is 10.0. The average Bonchev–Trinajstić information content (AvgIpc) is 3.14. The first-order valence-corrected chi connectivity index (χ1v) is 10.3. The van der Waals surface area contributed by atoms with Gasteiger partial charge in [-0.15, -0.1) is 0 Å². The summed E-state index contributed by atoms with van der Waals surface area (Å²) in [5.41, 5.74) is 6.50. The van der Waals surface area contributed by atoms with E-state index in [-0.39, 0.29) is 5.69 Å². The van der Waals surface area contributed by atoms with Gasteiger partial charge in [0, 0.05) is 11.1 Å². The van der Waals surface area contributed by atoms with Crippen LogP contribution in [0.1, 0.15) is 5.56 Å². The summed E-state index contributed by atoms with van der Waals surface area (Å²) >= 11 is 0. The molecule has 0 saturated carbocycles. The van der Waals surface area contributed by atoms with Crippen LogP contribution in [0, 0.1) is 6.92 Å². The van der Waals surface area contributed by atoms with E-state index in [2.05, 4.69) is 31.2 Å². The van der Waals surface area contributed by atoms with E-state index in [9.17, 15) is 4.79 Å². The molecule has 4 aromatic carbocycles. The van der Waals surface area contributed by atoms with Gasteiger partial charge in [-0.1, -0.05) is 96.6 Å². The summed E-state index contributed by atoms with van der Waals surface area (Å²) in [5.74, 6) is 0. The zero-order chi connectivity index (χ0) is 21.2. The van der Waals surface area contributed by atoms with Gasteiger partial charge < -0.3 is 0 Å². The van der Waals surface area contributed by atoms with Crippen LogP contribution in [-0.4, -0.2) is 9.13 Å². The molecule has 0 aliphatic rings. The van der Waals surface area contributed by atoms with Crippen molar-refractivity contribution >= 4 is 0 Å². The molecule has 0 radical (unpaired) electrons. The molecule has 0 spiro atoms. The molecule has 3 heteroatoms. The van der Waals surface area contributed by atoms with Crippen LogP contribution in [0.5, 0.6) is 0 Å². The first kappa shape index (κ1) is 18.9. The second-order valence-electron chi connectivity index (χ2n) is 7.55. The number of rotatable bonds is 4. The van der Waals surface area contributed by atoms with Crippen molar-refractivity contribution in [1.82, 2.24) is 9.13 Å². The lowest BCUT2D eigenvalue weighted by Crippen LogP contribution is -2.22. The number of aromatic nitrogens is 2. The Balaban J connectivity index is 1.95. The minimum Gasteiger partial charge on any atom is -0.260 e. The Labute approximate surface area is 181 Å². The Kier molecular flexibility index (Phi) is 4.85. The van der Waals surface area contributed by atoms with Gasteiger partial charge in [-0.3, -0.25) is 9.13 Å². The van der Waals surface area contributed by atoms with Crippen molar-refractivity contribution in [3.05, 3.63) is 131 Å². The molecule has 1 aromatic heterocycles. The van der Waals surface area contributed by atoms with E-state index in [0.29, 0.717) is 0 Å². The number of aryl methyl sites for hydroxylation is 1. The molecule has 0 saturated heterocycles. The second kappa shape index (κ2) is 7.96. The van der Waals surface area contributed by atoms with Crippen LogP contribution in [0.25, 0.3) is 33.9 Å². The Morgan fingerprint density at radius 2 is 0.871 bits per heavy atom. The van der Waals surface area contributed by atoms with Crippen LogP contribution in [0.15, 0.2) is 120 Å². The van der Waals surface area contributed by atoms with Gasteiger partial charge in [-0.2, -0.15) is 0 Å². The summed E-state index contributed by atoms with van der Waals surface area (Å²) < 4.78 is 3.64. The van der Waals surface area contributed by atoms with Crippen LogP contribution in [0.4, 0.5) is 0 Å². The second-order valence-corrected chi connectivity index (χ2v) is 7.55. The van der Waals surface area contributed by atoms with E-state index >= 15 is 0 Å². The molecule has 0 amide bonds. The minimum absolute atomic E-state index is 0.0900. The summed E-state index contributed by atoms with van der Waals surface area (Å²) in [6, 6.07) is 38.2. The maximum Gasteiger partial charge on any atom is 0.338 e. The van der Waals surface area contributed by atoms with Crippen LogP contribution >= 0.6 is 0 Å². The molecule has 0 aliphatic carbocycles. The number of hydrogen-bond acceptors (Lipinski definition) is 1. The number of benzene rings is 4. The van der Waals surface area contributed by atoms with Gasteiger partial charge in [0.2, 0.25) is 0 Å². The highest BCUT2D eigenvalue weighted by Gasteiger charge is 2.24. The maximum absolute atomic E-state index is 14.0. The minimum atomic E-state index is -0.0900. The molecule has 0 bridgehead atoms. The van der Waals surface area contributed by atoms with Gasteiger partial charge in [0.15, 0.2) is 0 Å². The highest BCUT2D eigenvalue weighted by molar-refractivity contribution is 5.81. The predicted molar refractivity (Wildman–Crippen MR) is 127 cm³/mol. The number of hydrogen-bond donors (Lipinski definition) is 0. The van der Waals surface area contributed by atoms with Crippen LogP contribution in [0.3, 0.4) is 0 Å². The lowest BCUT2D eigenvalue weighted by molar-refractivity contribution is 0.913. The lowest BCUT2D eigenvalue weighted by Gasteiger charge is -2.12. The molecule has 0 unspecified atom stereocenters. The molecular formula is C28H22N2O. The summed E-state index contributed by atoms with van der Waals surface area (Å²) in [6.45, 7) is 2.05. The van der Waals surface area contributed by atoms with Gasteiger partial charge >= 0.3 is 5.69 Å². The highest BCUT2D eigenvalue weighted by Crippen LogP contribution is 2.35. The molecule has 3 nitrogen and oxygen atoms in total. The van der Waals surface area contributed by atoms with E-state index < -0.39 is 0 Å². The third kappa shape index (κ3) is 3.40. The van der Waals surface area contributed by atoms with E-state index in [1.165, 1.54) is 0 Å². The van der Waals surface area contributed by atoms with E-state index in [0.717, 1.165) is 39.5 Å². The largest absolute Gasteiger partial charge is 0.338 e. The third-order valence-electron chi connectivity index (χ3n) is 5.46. The quantitative estimate of drug-likeness (QED) is 0.348. The zero-order valence-corrected chi connectivity index (χ0v) is 17.3. The fourth-order valence-electron chi connectivity index (χ4n) is 3.98. The van der Waals surface area contributed by atoms with Crippen LogP contribution in [0.2, 0.25) is 0 Å².